The monoisotopic (exact) mass is 403 g/mol. The third kappa shape index (κ3) is 3.85. The van der Waals surface area contributed by atoms with Crippen LogP contribution < -0.4 is 10.9 Å². The van der Waals surface area contributed by atoms with Gasteiger partial charge in [0.1, 0.15) is 6.33 Å². The Bertz CT molecular complexity index is 1290. The minimum Gasteiger partial charge on any atom is -0.325 e. The highest BCUT2D eigenvalue weighted by molar-refractivity contribution is 7.99. The zero-order valence-electron chi connectivity index (χ0n) is 14.9. The van der Waals surface area contributed by atoms with Gasteiger partial charge >= 0.3 is 0 Å². The first-order valence-corrected chi connectivity index (χ1v) is 9.44. The maximum atomic E-state index is 12.9. The molecule has 0 saturated heterocycles. The molecule has 9 nitrogen and oxygen atoms in total. The van der Waals surface area contributed by atoms with Gasteiger partial charge in [-0.05, 0) is 30.3 Å². The third-order valence-corrected chi connectivity index (χ3v) is 4.91. The van der Waals surface area contributed by atoms with Crippen LogP contribution in [0.5, 0.6) is 0 Å². The number of carbonyl (C=O) groups is 1. The molecule has 0 saturated carbocycles. The fourth-order valence-electron chi connectivity index (χ4n) is 2.70. The molecule has 142 valence electrons. The summed E-state index contributed by atoms with van der Waals surface area (Å²) in [4.78, 5) is 33.9. The number of H-pyrrole nitrogens is 1. The standard InChI is InChI=1S/C19H13N7O2S/c20-9-12-4-3-5-13(8-12)23-16(27)10-29-19-24-15-7-2-1-6-14(15)17(28)26(19)18-21-11-22-25-18/h1-8,11H,10H2,(H,23,27)(H,21,22,25). The number of nitriles is 1. The second kappa shape index (κ2) is 7.95. The number of rotatable bonds is 5. The lowest BCUT2D eigenvalue weighted by atomic mass is 10.2. The Morgan fingerprint density at radius 1 is 1.24 bits per heavy atom. The minimum atomic E-state index is -0.308. The first-order valence-electron chi connectivity index (χ1n) is 8.46. The zero-order chi connectivity index (χ0) is 20.2. The zero-order valence-corrected chi connectivity index (χ0v) is 15.7. The van der Waals surface area contributed by atoms with Gasteiger partial charge in [-0.15, -0.1) is 0 Å². The third-order valence-electron chi connectivity index (χ3n) is 3.97. The van der Waals surface area contributed by atoms with E-state index in [0.29, 0.717) is 27.3 Å². The lowest BCUT2D eigenvalue weighted by Gasteiger charge is -2.10. The summed E-state index contributed by atoms with van der Waals surface area (Å²) < 4.78 is 1.30. The van der Waals surface area contributed by atoms with E-state index in [-0.39, 0.29) is 23.2 Å². The maximum Gasteiger partial charge on any atom is 0.269 e. The minimum absolute atomic E-state index is 0.00962. The van der Waals surface area contributed by atoms with Crippen molar-refractivity contribution in [2.75, 3.05) is 11.1 Å². The van der Waals surface area contributed by atoms with Gasteiger partial charge in [-0.25, -0.2) is 14.6 Å². The van der Waals surface area contributed by atoms with Gasteiger partial charge < -0.3 is 5.32 Å². The number of anilines is 1. The molecule has 0 spiro atoms. The average Bonchev–Trinajstić information content (AvgIpc) is 3.27. The Morgan fingerprint density at radius 2 is 2.10 bits per heavy atom. The lowest BCUT2D eigenvalue weighted by Crippen LogP contribution is -2.23. The molecule has 29 heavy (non-hydrogen) atoms. The molecular formula is C19H13N7O2S. The van der Waals surface area contributed by atoms with E-state index in [0.717, 1.165) is 11.8 Å². The highest BCUT2D eigenvalue weighted by atomic mass is 32.2. The average molecular weight is 403 g/mol. The molecule has 1 amide bonds. The van der Waals surface area contributed by atoms with Crippen molar-refractivity contribution in [2.45, 2.75) is 5.16 Å². The Labute approximate surface area is 168 Å². The van der Waals surface area contributed by atoms with Crippen molar-refractivity contribution in [1.29, 1.82) is 5.26 Å². The number of fused-ring (bicyclic) bond motifs is 1. The summed E-state index contributed by atoms with van der Waals surface area (Å²) >= 11 is 1.10. The summed E-state index contributed by atoms with van der Waals surface area (Å²) in [7, 11) is 0. The van der Waals surface area contributed by atoms with Crippen molar-refractivity contribution in [3.05, 3.63) is 70.8 Å². The van der Waals surface area contributed by atoms with E-state index in [1.165, 1.54) is 10.9 Å². The number of aromatic amines is 1. The van der Waals surface area contributed by atoms with Crippen LogP contribution in [0.4, 0.5) is 5.69 Å². The largest absolute Gasteiger partial charge is 0.325 e. The van der Waals surface area contributed by atoms with Crippen LogP contribution in [0.3, 0.4) is 0 Å². The SMILES string of the molecule is N#Cc1cccc(NC(=O)CSc2nc3ccccc3c(=O)n2-c2ncn[nH]2)c1. The number of aromatic nitrogens is 5. The summed E-state index contributed by atoms with van der Waals surface area (Å²) in [5.41, 5.74) is 1.19. The van der Waals surface area contributed by atoms with Gasteiger partial charge in [-0.3, -0.25) is 9.59 Å². The second-order valence-electron chi connectivity index (χ2n) is 5.89. The van der Waals surface area contributed by atoms with Gasteiger partial charge in [-0.2, -0.15) is 15.3 Å². The smallest absolute Gasteiger partial charge is 0.269 e. The molecule has 0 atom stereocenters. The van der Waals surface area contributed by atoms with E-state index in [1.807, 2.05) is 6.07 Å². The molecule has 2 aromatic heterocycles. The molecule has 4 aromatic rings. The molecule has 0 aliphatic rings. The maximum absolute atomic E-state index is 12.9. The van der Waals surface area contributed by atoms with Crippen molar-refractivity contribution >= 4 is 34.3 Å². The number of benzene rings is 2. The number of nitrogens with zero attached hydrogens (tertiary/aromatic N) is 5. The molecule has 0 fully saturated rings. The van der Waals surface area contributed by atoms with E-state index < -0.39 is 0 Å². The van der Waals surface area contributed by atoms with Gasteiger partial charge in [0, 0.05) is 5.69 Å². The second-order valence-corrected chi connectivity index (χ2v) is 6.83. The van der Waals surface area contributed by atoms with Crippen LogP contribution in [0.25, 0.3) is 16.9 Å². The van der Waals surface area contributed by atoms with E-state index >= 15 is 0 Å². The lowest BCUT2D eigenvalue weighted by molar-refractivity contribution is -0.113. The predicted octanol–water partition coefficient (Wildman–Crippen LogP) is 2.11. The number of nitrogens with one attached hydrogen (secondary N) is 2. The number of para-hydroxylation sites is 1. The van der Waals surface area contributed by atoms with E-state index in [4.69, 9.17) is 5.26 Å². The number of hydrogen-bond acceptors (Lipinski definition) is 7. The number of carbonyl (C=O) groups excluding carboxylic acids is 1. The Balaban J connectivity index is 1.62. The van der Waals surface area contributed by atoms with Gasteiger partial charge in [0.25, 0.3) is 5.56 Å². The first-order chi connectivity index (χ1) is 14.2. The molecular weight excluding hydrogens is 390 g/mol. The molecule has 2 aromatic carbocycles. The number of thioether (sulfide) groups is 1. The summed E-state index contributed by atoms with van der Waals surface area (Å²) in [5, 5.41) is 18.9. The molecule has 4 rings (SSSR count). The van der Waals surface area contributed by atoms with Gasteiger partial charge in [0.15, 0.2) is 5.16 Å². The summed E-state index contributed by atoms with van der Waals surface area (Å²) in [6.45, 7) is 0. The van der Waals surface area contributed by atoms with Crippen LogP contribution in [-0.2, 0) is 4.79 Å². The highest BCUT2D eigenvalue weighted by Crippen LogP contribution is 2.20. The van der Waals surface area contributed by atoms with Crippen LogP contribution in [0, 0.1) is 11.3 Å². The summed E-state index contributed by atoms with van der Waals surface area (Å²) in [6, 6.07) is 15.6. The van der Waals surface area contributed by atoms with E-state index in [9.17, 15) is 9.59 Å². The quantitative estimate of drug-likeness (QED) is 0.385. The highest BCUT2D eigenvalue weighted by Gasteiger charge is 2.16. The van der Waals surface area contributed by atoms with Crippen molar-refractivity contribution in [1.82, 2.24) is 24.7 Å². The first kappa shape index (κ1) is 18.4. The van der Waals surface area contributed by atoms with E-state index in [2.05, 4.69) is 25.5 Å². The van der Waals surface area contributed by atoms with Gasteiger partial charge in [-0.1, -0.05) is 30.0 Å². The summed E-state index contributed by atoms with van der Waals surface area (Å²) in [5.74, 6) is -0.0649. The van der Waals surface area contributed by atoms with E-state index in [1.54, 1.807) is 48.5 Å². The summed E-state index contributed by atoms with van der Waals surface area (Å²) in [6.07, 6.45) is 1.29. The Morgan fingerprint density at radius 3 is 2.90 bits per heavy atom. The predicted molar refractivity (Wildman–Crippen MR) is 108 cm³/mol. The van der Waals surface area contributed by atoms with Crippen LogP contribution in [-0.4, -0.2) is 36.4 Å². The molecule has 0 aliphatic carbocycles. The van der Waals surface area contributed by atoms with Gasteiger partial charge in [0.05, 0.1) is 28.3 Å². The topological polar surface area (TPSA) is 129 Å². The molecule has 0 aliphatic heterocycles. The molecule has 0 unspecified atom stereocenters. The van der Waals surface area contributed by atoms with Crippen LogP contribution >= 0.6 is 11.8 Å². The van der Waals surface area contributed by atoms with Crippen molar-refractivity contribution in [3.8, 4) is 12.0 Å². The molecule has 2 heterocycles. The molecule has 2 N–H and O–H groups in total. The van der Waals surface area contributed by atoms with Crippen LogP contribution in [0.15, 0.2) is 64.8 Å². The fourth-order valence-corrected chi connectivity index (χ4v) is 3.49. The Hall–Kier alpha value is -3.97. The van der Waals surface area contributed by atoms with Crippen molar-refractivity contribution < 1.29 is 4.79 Å². The van der Waals surface area contributed by atoms with Crippen LogP contribution in [0.1, 0.15) is 5.56 Å². The van der Waals surface area contributed by atoms with Crippen molar-refractivity contribution in [3.63, 3.8) is 0 Å². The Kier molecular flexibility index (Phi) is 5.05. The van der Waals surface area contributed by atoms with Crippen LogP contribution in [0.2, 0.25) is 0 Å². The number of hydrogen-bond donors (Lipinski definition) is 2. The molecule has 0 radical (unpaired) electrons. The fraction of sp³-hybridized carbons (Fsp3) is 0.0526. The molecule has 0 bridgehead atoms. The molecule has 10 heteroatoms. The number of amides is 1. The normalized spacial score (nSPS) is 10.6. The van der Waals surface area contributed by atoms with Crippen molar-refractivity contribution in [2.24, 2.45) is 0 Å². The van der Waals surface area contributed by atoms with Gasteiger partial charge in [0.2, 0.25) is 11.9 Å².